The SMILES string of the molecule is CCc1nsc(NCCCCOC)n1. The molecule has 4 nitrogen and oxygen atoms in total. The molecule has 14 heavy (non-hydrogen) atoms. The Kier molecular flexibility index (Phi) is 5.47. The fourth-order valence-corrected chi connectivity index (χ4v) is 1.71. The summed E-state index contributed by atoms with van der Waals surface area (Å²) in [6.07, 6.45) is 3.10. The third-order valence-corrected chi connectivity index (χ3v) is 2.55. The van der Waals surface area contributed by atoms with Crippen molar-refractivity contribution in [3.63, 3.8) is 0 Å². The van der Waals surface area contributed by atoms with Crippen LogP contribution in [0.1, 0.15) is 25.6 Å². The Morgan fingerprint density at radius 1 is 1.43 bits per heavy atom. The summed E-state index contributed by atoms with van der Waals surface area (Å²) >= 11 is 1.43. The molecular formula is C9H17N3OS. The number of anilines is 1. The largest absolute Gasteiger partial charge is 0.385 e. The first-order valence-corrected chi connectivity index (χ1v) is 5.69. The van der Waals surface area contributed by atoms with Crippen molar-refractivity contribution in [2.75, 3.05) is 25.6 Å². The smallest absolute Gasteiger partial charge is 0.202 e. The highest BCUT2D eigenvalue weighted by atomic mass is 32.1. The van der Waals surface area contributed by atoms with E-state index in [-0.39, 0.29) is 0 Å². The lowest BCUT2D eigenvalue weighted by molar-refractivity contribution is 0.194. The molecule has 0 aliphatic rings. The Morgan fingerprint density at radius 2 is 2.29 bits per heavy atom. The first-order valence-electron chi connectivity index (χ1n) is 4.92. The minimum atomic E-state index is 0.831. The molecule has 0 bridgehead atoms. The van der Waals surface area contributed by atoms with Crippen LogP contribution < -0.4 is 5.32 Å². The summed E-state index contributed by atoms with van der Waals surface area (Å²) in [7, 11) is 1.73. The number of hydrogen-bond acceptors (Lipinski definition) is 5. The number of nitrogens with one attached hydrogen (secondary N) is 1. The summed E-state index contributed by atoms with van der Waals surface area (Å²) < 4.78 is 9.16. The lowest BCUT2D eigenvalue weighted by Crippen LogP contribution is -2.02. The van der Waals surface area contributed by atoms with Crippen LogP contribution in [0.25, 0.3) is 0 Å². The van der Waals surface area contributed by atoms with Crippen molar-refractivity contribution in [1.82, 2.24) is 9.36 Å². The van der Waals surface area contributed by atoms with Crippen LogP contribution in [0.2, 0.25) is 0 Å². The van der Waals surface area contributed by atoms with Crippen LogP contribution in [0.3, 0.4) is 0 Å². The van der Waals surface area contributed by atoms with E-state index in [0.717, 1.165) is 43.4 Å². The van der Waals surface area contributed by atoms with Gasteiger partial charge >= 0.3 is 0 Å². The van der Waals surface area contributed by atoms with Crippen molar-refractivity contribution in [3.8, 4) is 0 Å². The predicted octanol–water partition coefficient (Wildman–Crippen LogP) is 1.94. The van der Waals surface area contributed by atoms with Gasteiger partial charge in [0.25, 0.3) is 0 Å². The van der Waals surface area contributed by atoms with Crippen LogP contribution in [0.4, 0.5) is 5.13 Å². The maximum atomic E-state index is 4.96. The number of methoxy groups -OCH3 is 1. The van der Waals surface area contributed by atoms with Crippen molar-refractivity contribution in [2.45, 2.75) is 26.2 Å². The van der Waals surface area contributed by atoms with E-state index in [9.17, 15) is 0 Å². The standard InChI is InChI=1S/C9H17N3OS/c1-3-8-11-9(14-12-8)10-6-4-5-7-13-2/h3-7H2,1-2H3,(H,10,11,12). The normalized spacial score (nSPS) is 10.4. The summed E-state index contributed by atoms with van der Waals surface area (Å²) in [5.41, 5.74) is 0. The molecule has 0 saturated heterocycles. The molecule has 0 radical (unpaired) electrons. The molecular weight excluding hydrogens is 198 g/mol. The topological polar surface area (TPSA) is 47.0 Å². The minimum absolute atomic E-state index is 0.831. The number of ether oxygens (including phenoxy) is 1. The van der Waals surface area contributed by atoms with Crippen LogP contribution in [-0.2, 0) is 11.2 Å². The third kappa shape index (κ3) is 4.02. The number of aromatic nitrogens is 2. The Hall–Kier alpha value is -0.680. The molecule has 0 saturated carbocycles. The van der Waals surface area contributed by atoms with Crippen molar-refractivity contribution in [1.29, 1.82) is 0 Å². The van der Waals surface area contributed by atoms with Gasteiger partial charge in [-0.15, -0.1) is 0 Å². The average Bonchev–Trinajstić information content (AvgIpc) is 2.65. The number of aryl methyl sites for hydroxylation is 1. The van der Waals surface area contributed by atoms with Crippen LogP contribution in [0.5, 0.6) is 0 Å². The van der Waals surface area contributed by atoms with Gasteiger partial charge in [-0.1, -0.05) is 6.92 Å². The summed E-state index contributed by atoms with van der Waals surface area (Å²) in [6, 6.07) is 0. The molecule has 0 fully saturated rings. The Labute approximate surface area is 88.9 Å². The van der Waals surface area contributed by atoms with E-state index >= 15 is 0 Å². The predicted molar refractivity (Wildman–Crippen MR) is 58.9 cm³/mol. The Balaban J connectivity index is 2.12. The van der Waals surface area contributed by atoms with Gasteiger partial charge in [-0.25, -0.2) is 4.98 Å². The average molecular weight is 215 g/mol. The van der Waals surface area contributed by atoms with Crippen molar-refractivity contribution in [2.24, 2.45) is 0 Å². The number of nitrogens with zero attached hydrogens (tertiary/aromatic N) is 2. The molecule has 0 atom stereocenters. The molecule has 0 aliphatic heterocycles. The fourth-order valence-electron chi connectivity index (χ4n) is 1.04. The zero-order valence-electron chi connectivity index (χ0n) is 8.75. The fraction of sp³-hybridized carbons (Fsp3) is 0.778. The highest BCUT2D eigenvalue weighted by molar-refractivity contribution is 7.09. The van der Waals surface area contributed by atoms with E-state index in [2.05, 4.69) is 21.6 Å². The highest BCUT2D eigenvalue weighted by Crippen LogP contribution is 2.10. The number of unbranched alkanes of at least 4 members (excludes halogenated alkanes) is 1. The molecule has 1 N–H and O–H groups in total. The van der Waals surface area contributed by atoms with E-state index in [4.69, 9.17) is 4.74 Å². The van der Waals surface area contributed by atoms with Crippen LogP contribution in [0, 0.1) is 0 Å². The van der Waals surface area contributed by atoms with Gasteiger partial charge in [-0.2, -0.15) is 4.37 Å². The van der Waals surface area contributed by atoms with E-state index in [1.807, 2.05) is 0 Å². The second-order valence-electron chi connectivity index (χ2n) is 3.00. The molecule has 0 amide bonds. The molecule has 80 valence electrons. The van der Waals surface area contributed by atoms with Crippen molar-refractivity contribution in [3.05, 3.63) is 5.82 Å². The molecule has 5 heteroatoms. The highest BCUT2D eigenvalue weighted by Gasteiger charge is 1.99. The van der Waals surface area contributed by atoms with Crippen LogP contribution in [0.15, 0.2) is 0 Å². The minimum Gasteiger partial charge on any atom is -0.385 e. The van der Waals surface area contributed by atoms with Gasteiger partial charge in [0, 0.05) is 38.2 Å². The van der Waals surface area contributed by atoms with Crippen molar-refractivity contribution < 1.29 is 4.74 Å². The van der Waals surface area contributed by atoms with Crippen LogP contribution >= 0.6 is 11.5 Å². The molecule has 0 unspecified atom stereocenters. The van der Waals surface area contributed by atoms with E-state index in [1.165, 1.54) is 11.5 Å². The van der Waals surface area contributed by atoms with Crippen molar-refractivity contribution >= 4 is 16.7 Å². The van der Waals surface area contributed by atoms with Gasteiger partial charge < -0.3 is 10.1 Å². The monoisotopic (exact) mass is 215 g/mol. The van der Waals surface area contributed by atoms with E-state index < -0.39 is 0 Å². The summed E-state index contributed by atoms with van der Waals surface area (Å²) in [5.74, 6) is 0.925. The molecule has 1 rings (SSSR count). The molecule has 0 aromatic carbocycles. The second-order valence-corrected chi connectivity index (χ2v) is 3.75. The summed E-state index contributed by atoms with van der Waals surface area (Å²) in [5, 5.41) is 4.18. The molecule has 1 aromatic heterocycles. The molecule has 1 aromatic rings. The summed E-state index contributed by atoms with van der Waals surface area (Å²) in [6.45, 7) is 3.84. The Morgan fingerprint density at radius 3 is 2.93 bits per heavy atom. The molecule has 0 aliphatic carbocycles. The zero-order valence-corrected chi connectivity index (χ0v) is 9.56. The van der Waals surface area contributed by atoms with E-state index in [0.29, 0.717) is 0 Å². The number of hydrogen-bond donors (Lipinski definition) is 1. The van der Waals surface area contributed by atoms with Crippen LogP contribution in [-0.4, -0.2) is 29.6 Å². The quantitative estimate of drug-likeness (QED) is 0.706. The molecule has 0 spiro atoms. The lowest BCUT2D eigenvalue weighted by Gasteiger charge is -2.00. The van der Waals surface area contributed by atoms with Gasteiger partial charge in [0.15, 0.2) is 0 Å². The van der Waals surface area contributed by atoms with Gasteiger partial charge in [0.1, 0.15) is 5.82 Å². The first-order chi connectivity index (χ1) is 6.86. The van der Waals surface area contributed by atoms with Gasteiger partial charge in [0.05, 0.1) is 0 Å². The number of rotatable bonds is 7. The Bertz CT molecular complexity index is 252. The third-order valence-electron chi connectivity index (χ3n) is 1.84. The van der Waals surface area contributed by atoms with Gasteiger partial charge in [-0.3, -0.25) is 0 Å². The maximum absolute atomic E-state index is 4.96. The second kappa shape index (κ2) is 6.73. The summed E-state index contributed by atoms with van der Waals surface area (Å²) in [4.78, 5) is 4.31. The zero-order chi connectivity index (χ0) is 10.2. The molecule has 1 heterocycles. The van der Waals surface area contributed by atoms with Gasteiger partial charge in [-0.05, 0) is 12.8 Å². The maximum Gasteiger partial charge on any atom is 0.202 e. The first kappa shape index (κ1) is 11.4. The lowest BCUT2D eigenvalue weighted by atomic mass is 10.3. The van der Waals surface area contributed by atoms with Gasteiger partial charge in [0.2, 0.25) is 5.13 Å². The van der Waals surface area contributed by atoms with E-state index in [1.54, 1.807) is 7.11 Å².